The van der Waals surface area contributed by atoms with Crippen molar-refractivity contribution in [1.29, 1.82) is 0 Å². The van der Waals surface area contributed by atoms with Gasteiger partial charge in [0.05, 0.1) is 5.69 Å². The first-order valence-electron chi connectivity index (χ1n) is 4.37. The molecule has 17 heavy (non-hydrogen) atoms. The molecule has 0 saturated heterocycles. The Hall–Kier alpha value is -1.38. The van der Waals surface area contributed by atoms with Gasteiger partial charge in [-0.1, -0.05) is 0 Å². The van der Waals surface area contributed by atoms with E-state index < -0.39 is 16.0 Å². The van der Waals surface area contributed by atoms with E-state index >= 15 is 0 Å². The highest BCUT2D eigenvalue weighted by Crippen LogP contribution is 2.24. The topological polar surface area (TPSA) is 83.5 Å². The van der Waals surface area contributed by atoms with Crippen LogP contribution >= 0.6 is 22.7 Å². The number of rotatable bonds is 4. The van der Waals surface area contributed by atoms with Gasteiger partial charge >= 0.3 is 5.97 Å². The number of hydrogen-bond donors (Lipinski definition) is 2. The molecule has 0 saturated carbocycles. The summed E-state index contributed by atoms with van der Waals surface area (Å²) in [6.07, 6.45) is 0. The Morgan fingerprint density at radius 3 is 2.59 bits per heavy atom. The van der Waals surface area contributed by atoms with Gasteiger partial charge in [-0.2, -0.15) is 11.3 Å². The number of carboxylic acid groups (broad SMARTS) is 1. The molecule has 0 aliphatic heterocycles. The van der Waals surface area contributed by atoms with E-state index in [0.717, 1.165) is 11.3 Å². The molecule has 0 bridgehead atoms. The van der Waals surface area contributed by atoms with E-state index in [1.807, 2.05) is 0 Å². The van der Waals surface area contributed by atoms with Crippen molar-refractivity contribution in [3.63, 3.8) is 0 Å². The van der Waals surface area contributed by atoms with Crippen LogP contribution in [0.1, 0.15) is 9.67 Å². The lowest BCUT2D eigenvalue weighted by molar-refractivity contribution is 0.0702. The molecule has 0 radical (unpaired) electrons. The summed E-state index contributed by atoms with van der Waals surface area (Å²) >= 11 is 2.09. The monoisotopic (exact) mass is 289 g/mol. The van der Waals surface area contributed by atoms with E-state index in [4.69, 9.17) is 5.11 Å². The third-order valence-corrected chi connectivity index (χ3v) is 5.46. The summed E-state index contributed by atoms with van der Waals surface area (Å²) in [6, 6.07) is 4.19. The van der Waals surface area contributed by atoms with Gasteiger partial charge in [-0.25, -0.2) is 13.2 Å². The standard InChI is InChI=1S/C9H7NO4S3/c11-9(12)7-1-2-8(16-7)17(13,14)10-6-3-4-15-5-6/h1-5,10H,(H,11,12). The van der Waals surface area contributed by atoms with Crippen LogP contribution in [-0.4, -0.2) is 19.5 Å². The maximum Gasteiger partial charge on any atom is 0.345 e. The molecule has 0 unspecified atom stereocenters. The van der Waals surface area contributed by atoms with Crippen molar-refractivity contribution in [1.82, 2.24) is 0 Å². The van der Waals surface area contributed by atoms with Crippen LogP contribution in [0.2, 0.25) is 0 Å². The summed E-state index contributed by atoms with van der Waals surface area (Å²) in [5.41, 5.74) is 0.472. The fourth-order valence-corrected chi connectivity index (χ4v) is 3.96. The van der Waals surface area contributed by atoms with Gasteiger partial charge in [-0.15, -0.1) is 11.3 Å². The minimum atomic E-state index is -3.68. The van der Waals surface area contributed by atoms with E-state index in [9.17, 15) is 13.2 Å². The van der Waals surface area contributed by atoms with E-state index in [-0.39, 0.29) is 9.09 Å². The molecule has 0 aliphatic carbocycles. The second-order valence-electron chi connectivity index (χ2n) is 3.04. The smallest absolute Gasteiger partial charge is 0.345 e. The molecule has 2 rings (SSSR count). The third kappa shape index (κ3) is 2.65. The van der Waals surface area contributed by atoms with Crippen molar-refractivity contribution < 1.29 is 18.3 Å². The van der Waals surface area contributed by atoms with Gasteiger partial charge in [-0.3, -0.25) is 4.72 Å². The molecule has 2 N–H and O–H groups in total. The molecule has 90 valence electrons. The van der Waals surface area contributed by atoms with Gasteiger partial charge in [0.2, 0.25) is 0 Å². The lowest BCUT2D eigenvalue weighted by Gasteiger charge is -2.02. The number of thiophene rings is 2. The summed E-state index contributed by atoms with van der Waals surface area (Å²) in [6.45, 7) is 0. The Balaban J connectivity index is 2.28. The zero-order valence-corrected chi connectivity index (χ0v) is 10.7. The molecule has 0 aromatic carbocycles. The first-order valence-corrected chi connectivity index (χ1v) is 7.61. The second kappa shape index (κ2) is 4.47. The zero-order chi connectivity index (χ0) is 12.5. The Kier molecular flexibility index (Phi) is 3.18. The Morgan fingerprint density at radius 2 is 2.06 bits per heavy atom. The van der Waals surface area contributed by atoms with Crippen molar-refractivity contribution in [2.45, 2.75) is 4.21 Å². The number of carbonyl (C=O) groups is 1. The minimum Gasteiger partial charge on any atom is -0.477 e. The van der Waals surface area contributed by atoms with Crippen LogP contribution in [0, 0.1) is 0 Å². The Morgan fingerprint density at radius 1 is 1.29 bits per heavy atom. The van der Waals surface area contributed by atoms with Crippen molar-refractivity contribution >= 4 is 44.4 Å². The quantitative estimate of drug-likeness (QED) is 0.904. The predicted molar refractivity (Wildman–Crippen MR) is 66.4 cm³/mol. The van der Waals surface area contributed by atoms with Gasteiger partial charge in [-0.05, 0) is 23.6 Å². The number of sulfonamides is 1. The molecular formula is C9H7NO4S3. The summed E-state index contributed by atoms with van der Waals surface area (Å²) in [4.78, 5) is 10.7. The van der Waals surface area contributed by atoms with Crippen molar-refractivity contribution in [2.75, 3.05) is 4.72 Å². The largest absolute Gasteiger partial charge is 0.477 e. The first-order chi connectivity index (χ1) is 7.99. The number of hydrogen-bond acceptors (Lipinski definition) is 5. The normalized spacial score (nSPS) is 11.3. The SMILES string of the molecule is O=C(O)c1ccc(S(=O)(=O)Nc2ccsc2)s1. The molecule has 0 spiro atoms. The van der Waals surface area contributed by atoms with E-state index in [1.165, 1.54) is 23.5 Å². The molecule has 0 fully saturated rings. The molecule has 5 nitrogen and oxygen atoms in total. The summed E-state index contributed by atoms with van der Waals surface area (Å²) < 4.78 is 26.0. The molecule has 2 aromatic rings. The minimum absolute atomic E-state index is 0.00399. The van der Waals surface area contributed by atoms with Crippen molar-refractivity contribution in [3.8, 4) is 0 Å². The summed E-state index contributed by atoms with van der Waals surface area (Å²) in [5, 5.41) is 12.1. The highest BCUT2D eigenvalue weighted by Gasteiger charge is 2.19. The van der Waals surface area contributed by atoms with Crippen LogP contribution in [0.15, 0.2) is 33.2 Å². The molecule has 2 aromatic heterocycles. The molecule has 0 atom stereocenters. The lowest BCUT2D eigenvalue weighted by Crippen LogP contribution is -2.10. The molecule has 0 amide bonds. The van der Waals surface area contributed by atoms with Crippen LogP contribution in [0.25, 0.3) is 0 Å². The van der Waals surface area contributed by atoms with Gasteiger partial charge < -0.3 is 5.11 Å². The summed E-state index contributed by atoms with van der Waals surface area (Å²) in [7, 11) is -3.68. The van der Waals surface area contributed by atoms with Crippen LogP contribution in [0.3, 0.4) is 0 Å². The van der Waals surface area contributed by atoms with E-state index in [0.29, 0.717) is 5.69 Å². The van der Waals surface area contributed by atoms with Gasteiger partial charge in [0.25, 0.3) is 10.0 Å². The van der Waals surface area contributed by atoms with Crippen LogP contribution in [0.5, 0.6) is 0 Å². The van der Waals surface area contributed by atoms with Crippen LogP contribution in [0.4, 0.5) is 5.69 Å². The van der Waals surface area contributed by atoms with Crippen molar-refractivity contribution in [2.24, 2.45) is 0 Å². The fourth-order valence-electron chi connectivity index (χ4n) is 1.11. The van der Waals surface area contributed by atoms with E-state index in [1.54, 1.807) is 16.8 Å². The van der Waals surface area contributed by atoms with E-state index in [2.05, 4.69) is 4.72 Å². The maximum atomic E-state index is 11.8. The number of nitrogens with one attached hydrogen (secondary N) is 1. The van der Waals surface area contributed by atoms with Gasteiger partial charge in [0.15, 0.2) is 0 Å². The highest BCUT2D eigenvalue weighted by atomic mass is 32.2. The molecular weight excluding hydrogens is 282 g/mol. The zero-order valence-electron chi connectivity index (χ0n) is 8.28. The van der Waals surface area contributed by atoms with Gasteiger partial charge in [0, 0.05) is 5.38 Å². The Labute approximate surface area is 105 Å². The average Bonchev–Trinajstić information content (AvgIpc) is 2.84. The Bertz CT molecular complexity index is 627. The second-order valence-corrected chi connectivity index (χ2v) is 6.81. The lowest BCUT2D eigenvalue weighted by atomic mass is 10.5. The molecule has 8 heteroatoms. The average molecular weight is 289 g/mol. The fraction of sp³-hybridized carbons (Fsp3) is 0. The maximum absolute atomic E-state index is 11.8. The van der Waals surface area contributed by atoms with Crippen molar-refractivity contribution in [3.05, 3.63) is 33.8 Å². The first kappa shape index (κ1) is 12.1. The molecule has 2 heterocycles. The van der Waals surface area contributed by atoms with Crippen LogP contribution < -0.4 is 4.72 Å². The predicted octanol–water partition coefficient (Wildman–Crippen LogP) is 2.31. The number of carboxylic acids is 1. The molecule has 0 aliphatic rings. The summed E-state index contributed by atoms with van der Waals surface area (Å²) in [5.74, 6) is -1.13. The van der Waals surface area contributed by atoms with Crippen LogP contribution in [-0.2, 0) is 10.0 Å². The highest BCUT2D eigenvalue weighted by molar-refractivity contribution is 7.94. The third-order valence-electron chi connectivity index (χ3n) is 1.83. The number of aromatic carboxylic acids is 1. The number of anilines is 1. The van der Waals surface area contributed by atoms with Gasteiger partial charge in [0.1, 0.15) is 9.09 Å².